The van der Waals surface area contributed by atoms with Crippen LogP contribution in [0.3, 0.4) is 0 Å². The van der Waals surface area contributed by atoms with Crippen LogP contribution >= 0.6 is 0 Å². The van der Waals surface area contributed by atoms with E-state index in [1.54, 1.807) is 0 Å². The zero-order valence-electron chi connectivity index (χ0n) is 12.3. The van der Waals surface area contributed by atoms with E-state index in [9.17, 15) is 0 Å². The fourth-order valence-electron chi connectivity index (χ4n) is 2.19. The first-order chi connectivity index (χ1) is 8.81. The van der Waals surface area contributed by atoms with Gasteiger partial charge in [-0.15, -0.1) is 0 Å². The molecule has 1 saturated carbocycles. The van der Waals surface area contributed by atoms with E-state index in [2.05, 4.69) is 17.1 Å². The largest absolute Gasteiger partial charge is 0.353 e. The molecule has 1 aliphatic carbocycles. The fraction of sp³-hybridized carbons (Fsp3) is 1.00. The standard InChI is InChI=1S/C14H30N2O2/c1-4-16(13-7-8-13)12-11-15-10-9-14(17-5-2)18-6-3/h13-15H,4-12H2,1-3H3. The van der Waals surface area contributed by atoms with Gasteiger partial charge in [0.15, 0.2) is 6.29 Å². The summed E-state index contributed by atoms with van der Waals surface area (Å²) in [5, 5.41) is 3.48. The van der Waals surface area contributed by atoms with E-state index in [1.807, 2.05) is 13.8 Å². The molecule has 0 aromatic heterocycles. The van der Waals surface area contributed by atoms with Crippen LogP contribution < -0.4 is 5.32 Å². The Bertz CT molecular complexity index is 192. The van der Waals surface area contributed by atoms with E-state index >= 15 is 0 Å². The Morgan fingerprint density at radius 3 is 2.28 bits per heavy atom. The lowest BCUT2D eigenvalue weighted by atomic mass is 10.4. The molecule has 1 rings (SSSR count). The molecule has 0 aliphatic heterocycles. The number of nitrogens with one attached hydrogen (secondary N) is 1. The van der Waals surface area contributed by atoms with Crippen LogP contribution in [0.1, 0.15) is 40.0 Å². The Labute approximate surface area is 112 Å². The maximum Gasteiger partial charge on any atom is 0.158 e. The molecule has 0 radical (unpaired) electrons. The average Bonchev–Trinajstić information content (AvgIpc) is 3.18. The number of nitrogens with zero attached hydrogens (tertiary/aromatic N) is 1. The van der Waals surface area contributed by atoms with Gasteiger partial charge in [0.1, 0.15) is 0 Å². The van der Waals surface area contributed by atoms with Gasteiger partial charge in [-0.25, -0.2) is 0 Å². The van der Waals surface area contributed by atoms with Crippen molar-refractivity contribution in [1.82, 2.24) is 10.2 Å². The van der Waals surface area contributed by atoms with Crippen LogP contribution in [0.5, 0.6) is 0 Å². The van der Waals surface area contributed by atoms with Crippen LogP contribution in [0.15, 0.2) is 0 Å². The third-order valence-electron chi connectivity index (χ3n) is 3.31. The van der Waals surface area contributed by atoms with Crippen molar-refractivity contribution in [3.05, 3.63) is 0 Å². The number of ether oxygens (including phenoxy) is 2. The molecule has 0 saturated heterocycles. The van der Waals surface area contributed by atoms with Crippen LogP contribution in [0.4, 0.5) is 0 Å². The molecule has 0 spiro atoms. The lowest BCUT2D eigenvalue weighted by Crippen LogP contribution is -2.35. The lowest BCUT2D eigenvalue weighted by Gasteiger charge is -2.20. The highest BCUT2D eigenvalue weighted by atomic mass is 16.7. The van der Waals surface area contributed by atoms with Crippen molar-refractivity contribution in [2.24, 2.45) is 0 Å². The summed E-state index contributed by atoms with van der Waals surface area (Å²) in [4.78, 5) is 2.57. The molecule has 1 aliphatic rings. The summed E-state index contributed by atoms with van der Waals surface area (Å²) in [5.74, 6) is 0. The Hall–Kier alpha value is -0.160. The van der Waals surface area contributed by atoms with Crippen molar-refractivity contribution in [3.8, 4) is 0 Å². The average molecular weight is 258 g/mol. The highest BCUT2D eigenvalue weighted by molar-refractivity contribution is 4.83. The van der Waals surface area contributed by atoms with Crippen LogP contribution in [-0.4, -0.2) is 56.6 Å². The van der Waals surface area contributed by atoms with E-state index in [4.69, 9.17) is 9.47 Å². The van der Waals surface area contributed by atoms with Gasteiger partial charge in [-0.05, 0) is 33.2 Å². The first kappa shape index (κ1) is 15.9. The Morgan fingerprint density at radius 2 is 1.78 bits per heavy atom. The summed E-state index contributed by atoms with van der Waals surface area (Å²) in [6.45, 7) is 12.1. The quantitative estimate of drug-likeness (QED) is 0.428. The first-order valence-electron chi connectivity index (χ1n) is 7.49. The zero-order valence-corrected chi connectivity index (χ0v) is 12.3. The second-order valence-electron chi connectivity index (χ2n) is 4.74. The van der Waals surface area contributed by atoms with Crippen LogP contribution in [-0.2, 0) is 9.47 Å². The summed E-state index contributed by atoms with van der Waals surface area (Å²) in [7, 11) is 0. The monoisotopic (exact) mass is 258 g/mol. The maximum atomic E-state index is 5.51. The minimum atomic E-state index is -0.0433. The van der Waals surface area contributed by atoms with Crippen molar-refractivity contribution in [3.63, 3.8) is 0 Å². The van der Waals surface area contributed by atoms with Crippen molar-refractivity contribution in [2.75, 3.05) is 39.4 Å². The molecule has 0 amide bonds. The van der Waals surface area contributed by atoms with Crippen molar-refractivity contribution in [1.29, 1.82) is 0 Å². The number of rotatable bonds is 12. The third-order valence-corrected chi connectivity index (χ3v) is 3.31. The molecule has 1 N–H and O–H groups in total. The Morgan fingerprint density at radius 1 is 1.11 bits per heavy atom. The van der Waals surface area contributed by atoms with E-state index in [1.165, 1.54) is 19.4 Å². The molecule has 18 heavy (non-hydrogen) atoms. The summed E-state index contributed by atoms with van der Waals surface area (Å²) in [6, 6.07) is 0.872. The minimum Gasteiger partial charge on any atom is -0.353 e. The van der Waals surface area contributed by atoms with Gasteiger partial charge in [0, 0.05) is 45.3 Å². The molecule has 108 valence electrons. The summed E-state index contributed by atoms with van der Waals surface area (Å²) >= 11 is 0. The zero-order chi connectivity index (χ0) is 13.2. The van der Waals surface area contributed by atoms with Crippen molar-refractivity contribution < 1.29 is 9.47 Å². The molecular formula is C14H30N2O2. The lowest BCUT2D eigenvalue weighted by molar-refractivity contribution is -0.138. The second kappa shape index (κ2) is 9.73. The second-order valence-corrected chi connectivity index (χ2v) is 4.74. The topological polar surface area (TPSA) is 33.7 Å². The van der Waals surface area contributed by atoms with Gasteiger partial charge in [-0.3, -0.25) is 4.90 Å². The molecule has 0 unspecified atom stereocenters. The molecule has 0 aromatic rings. The van der Waals surface area contributed by atoms with Crippen LogP contribution in [0.2, 0.25) is 0 Å². The maximum absolute atomic E-state index is 5.51. The summed E-state index contributed by atoms with van der Waals surface area (Å²) in [5.41, 5.74) is 0. The van der Waals surface area contributed by atoms with Gasteiger partial charge >= 0.3 is 0 Å². The number of hydrogen-bond donors (Lipinski definition) is 1. The summed E-state index contributed by atoms with van der Waals surface area (Å²) in [6.07, 6.45) is 3.67. The normalized spacial score (nSPS) is 15.8. The highest BCUT2D eigenvalue weighted by Crippen LogP contribution is 2.25. The van der Waals surface area contributed by atoms with E-state index in [0.29, 0.717) is 0 Å². The van der Waals surface area contributed by atoms with Gasteiger partial charge < -0.3 is 14.8 Å². The van der Waals surface area contributed by atoms with Crippen molar-refractivity contribution in [2.45, 2.75) is 52.4 Å². The van der Waals surface area contributed by atoms with Gasteiger partial charge in [0.25, 0.3) is 0 Å². The molecular weight excluding hydrogens is 228 g/mol. The Balaban J connectivity index is 1.98. The van der Waals surface area contributed by atoms with E-state index in [-0.39, 0.29) is 6.29 Å². The molecule has 4 heteroatoms. The number of hydrogen-bond acceptors (Lipinski definition) is 4. The molecule has 0 aromatic carbocycles. The predicted molar refractivity (Wildman–Crippen MR) is 74.8 cm³/mol. The molecule has 1 fully saturated rings. The minimum absolute atomic E-state index is 0.0433. The first-order valence-corrected chi connectivity index (χ1v) is 7.49. The number of likely N-dealkylation sites (N-methyl/N-ethyl adjacent to an activating group) is 1. The van der Waals surface area contributed by atoms with Crippen LogP contribution in [0, 0.1) is 0 Å². The van der Waals surface area contributed by atoms with Gasteiger partial charge in [0.05, 0.1) is 0 Å². The van der Waals surface area contributed by atoms with Crippen LogP contribution in [0.25, 0.3) is 0 Å². The van der Waals surface area contributed by atoms with Gasteiger partial charge in [-0.1, -0.05) is 6.92 Å². The highest BCUT2D eigenvalue weighted by Gasteiger charge is 2.26. The molecule has 0 atom stereocenters. The van der Waals surface area contributed by atoms with E-state index < -0.39 is 0 Å². The van der Waals surface area contributed by atoms with E-state index in [0.717, 1.165) is 45.3 Å². The predicted octanol–water partition coefficient (Wildman–Crippen LogP) is 1.85. The van der Waals surface area contributed by atoms with Crippen molar-refractivity contribution >= 4 is 0 Å². The Kier molecular flexibility index (Phi) is 8.59. The molecule has 4 nitrogen and oxygen atoms in total. The SMILES string of the molecule is CCOC(CCNCCN(CC)C1CC1)OCC. The molecule has 0 heterocycles. The van der Waals surface area contributed by atoms with Gasteiger partial charge in [0.2, 0.25) is 0 Å². The summed E-state index contributed by atoms with van der Waals surface area (Å²) < 4.78 is 11.0. The fourth-order valence-corrected chi connectivity index (χ4v) is 2.19. The van der Waals surface area contributed by atoms with Gasteiger partial charge in [-0.2, -0.15) is 0 Å². The molecule has 0 bridgehead atoms. The third kappa shape index (κ3) is 6.69. The smallest absolute Gasteiger partial charge is 0.158 e.